The predicted octanol–water partition coefficient (Wildman–Crippen LogP) is 2.90. The van der Waals surface area contributed by atoms with Crippen molar-refractivity contribution in [2.75, 3.05) is 6.79 Å². The number of nitrogens with zero attached hydrogens (tertiary/aromatic N) is 1. The molecule has 1 aliphatic rings. The Kier molecular flexibility index (Phi) is 4.37. The minimum atomic E-state index is 0.193. The molecule has 0 saturated heterocycles. The molecule has 1 aliphatic heterocycles. The van der Waals surface area contributed by atoms with E-state index < -0.39 is 0 Å². The van der Waals surface area contributed by atoms with E-state index >= 15 is 0 Å². The third-order valence-corrected chi connectivity index (χ3v) is 2.80. The first-order valence-electron chi connectivity index (χ1n) is 6.08. The Bertz CT molecular complexity index is 489. The molecule has 6 heteroatoms. The van der Waals surface area contributed by atoms with Gasteiger partial charge in [0, 0.05) is 6.42 Å². The second kappa shape index (κ2) is 6.02. The van der Waals surface area contributed by atoms with Crippen molar-refractivity contribution in [1.82, 2.24) is 0 Å². The van der Waals surface area contributed by atoms with Crippen LogP contribution in [0.1, 0.15) is 25.8 Å². The molecule has 1 aromatic rings. The molecule has 0 amide bonds. The predicted molar refractivity (Wildman–Crippen MR) is 73.4 cm³/mol. The summed E-state index contributed by atoms with van der Waals surface area (Å²) in [7, 11) is 0. The molecule has 19 heavy (non-hydrogen) atoms. The molecule has 2 N–H and O–H groups in total. The number of benzene rings is 1. The smallest absolute Gasteiger partial charge is 0.231 e. The number of nitrogens with two attached hydrogens (primary N) is 1. The lowest BCUT2D eigenvalue weighted by Crippen LogP contribution is -2.14. The molecule has 104 valence electrons. The Morgan fingerprint density at radius 1 is 1.47 bits per heavy atom. The Morgan fingerprint density at radius 2 is 2.26 bits per heavy atom. The summed E-state index contributed by atoms with van der Waals surface area (Å²) in [4.78, 5) is 5.21. The van der Waals surface area contributed by atoms with E-state index in [0.717, 1.165) is 5.56 Å². The second-order valence-electron chi connectivity index (χ2n) is 4.77. The summed E-state index contributed by atoms with van der Waals surface area (Å²) in [6.07, 6.45) is 0.710. The van der Waals surface area contributed by atoms with Crippen LogP contribution in [0, 0.1) is 5.92 Å². The van der Waals surface area contributed by atoms with Crippen LogP contribution in [0.3, 0.4) is 0 Å². The van der Waals surface area contributed by atoms with Gasteiger partial charge in [-0.25, -0.2) is 0 Å². The molecular weight excluding hydrogens is 268 g/mol. The third-order valence-electron chi connectivity index (χ3n) is 2.52. The molecule has 2 rings (SSSR count). The maximum atomic E-state index is 6.06. The molecule has 0 aromatic heterocycles. The number of amidine groups is 1. The number of rotatable bonds is 5. The van der Waals surface area contributed by atoms with Crippen molar-refractivity contribution in [3.8, 4) is 11.5 Å². The van der Waals surface area contributed by atoms with Crippen LogP contribution < -0.4 is 15.2 Å². The number of fused-ring (bicyclic) bond motifs is 1. The van der Waals surface area contributed by atoms with Crippen molar-refractivity contribution in [2.45, 2.75) is 26.9 Å². The van der Waals surface area contributed by atoms with E-state index in [1.54, 1.807) is 6.07 Å². The molecular formula is C13H17ClN2O3. The minimum absolute atomic E-state index is 0.193. The van der Waals surface area contributed by atoms with Crippen molar-refractivity contribution < 1.29 is 14.3 Å². The summed E-state index contributed by atoms with van der Waals surface area (Å²) in [6.45, 7) is 4.62. The summed E-state index contributed by atoms with van der Waals surface area (Å²) in [5.41, 5.74) is 6.57. The fourth-order valence-corrected chi connectivity index (χ4v) is 2.04. The third kappa shape index (κ3) is 3.67. The maximum absolute atomic E-state index is 6.06. The summed E-state index contributed by atoms with van der Waals surface area (Å²) < 4.78 is 10.5. The standard InChI is InChI=1S/C13H17ClN2O3/c1-8(2)3-12(15)16-19-6-9-4-10(14)13-11(5-9)17-7-18-13/h4-5,8H,3,6-7H2,1-2H3,(H2,15,16). The quantitative estimate of drug-likeness (QED) is 0.513. The van der Waals surface area contributed by atoms with Crippen molar-refractivity contribution in [3.05, 3.63) is 22.7 Å². The highest BCUT2D eigenvalue weighted by molar-refractivity contribution is 6.32. The van der Waals surface area contributed by atoms with E-state index in [1.165, 1.54) is 0 Å². The number of halogens is 1. The molecule has 0 saturated carbocycles. The lowest BCUT2D eigenvalue weighted by atomic mass is 10.1. The molecule has 0 atom stereocenters. The zero-order chi connectivity index (χ0) is 13.8. The zero-order valence-electron chi connectivity index (χ0n) is 11.0. The molecule has 1 aromatic carbocycles. The van der Waals surface area contributed by atoms with Crippen LogP contribution in [0.25, 0.3) is 0 Å². The van der Waals surface area contributed by atoms with Crippen molar-refractivity contribution in [3.63, 3.8) is 0 Å². The fraction of sp³-hybridized carbons (Fsp3) is 0.462. The largest absolute Gasteiger partial charge is 0.454 e. The van der Waals surface area contributed by atoms with Crippen LogP contribution in [-0.2, 0) is 11.4 Å². The summed E-state index contributed by atoms with van der Waals surface area (Å²) in [6, 6.07) is 3.59. The van der Waals surface area contributed by atoms with Crippen LogP contribution in [-0.4, -0.2) is 12.6 Å². The van der Waals surface area contributed by atoms with Gasteiger partial charge in [-0.15, -0.1) is 0 Å². The monoisotopic (exact) mass is 284 g/mol. The Hall–Kier alpha value is -1.62. The highest BCUT2D eigenvalue weighted by Gasteiger charge is 2.18. The highest BCUT2D eigenvalue weighted by atomic mass is 35.5. The average Bonchev–Trinajstić information content (AvgIpc) is 2.76. The van der Waals surface area contributed by atoms with Crippen molar-refractivity contribution >= 4 is 17.4 Å². The van der Waals surface area contributed by atoms with E-state index in [1.807, 2.05) is 6.07 Å². The fourth-order valence-electron chi connectivity index (χ4n) is 1.75. The minimum Gasteiger partial charge on any atom is -0.454 e. The van der Waals surface area contributed by atoms with E-state index in [4.69, 9.17) is 31.6 Å². The highest BCUT2D eigenvalue weighted by Crippen LogP contribution is 2.39. The van der Waals surface area contributed by atoms with E-state index in [-0.39, 0.29) is 13.4 Å². The van der Waals surface area contributed by atoms with Crippen LogP contribution >= 0.6 is 11.6 Å². The van der Waals surface area contributed by atoms with Gasteiger partial charge in [-0.3, -0.25) is 0 Å². The van der Waals surface area contributed by atoms with E-state index in [0.29, 0.717) is 34.7 Å². The van der Waals surface area contributed by atoms with Crippen LogP contribution in [0.5, 0.6) is 11.5 Å². The number of hydrogen-bond acceptors (Lipinski definition) is 4. The Labute approximate surface area is 117 Å². The second-order valence-corrected chi connectivity index (χ2v) is 5.17. The van der Waals surface area contributed by atoms with Gasteiger partial charge in [0.2, 0.25) is 6.79 Å². The normalized spacial score (nSPS) is 14.0. The molecule has 0 unspecified atom stereocenters. The molecule has 1 heterocycles. The van der Waals surface area contributed by atoms with Gasteiger partial charge in [0.25, 0.3) is 0 Å². The zero-order valence-corrected chi connectivity index (χ0v) is 11.7. The number of hydrogen-bond donors (Lipinski definition) is 1. The first kappa shape index (κ1) is 13.8. The first-order valence-corrected chi connectivity index (χ1v) is 6.46. The van der Waals surface area contributed by atoms with Crippen molar-refractivity contribution in [2.24, 2.45) is 16.8 Å². The Balaban J connectivity index is 1.95. The molecule has 0 aliphatic carbocycles. The SMILES string of the molecule is CC(C)C/C(N)=N/OCc1cc(Cl)c2c(c1)OCO2. The summed E-state index contributed by atoms with van der Waals surface area (Å²) >= 11 is 6.06. The maximum Gasteiger partial charge on any atom is 0.231 e. The molecule has 0 radical (unpaired) electrons. The molecule has 0 bridgehead atoms. The molecule has 0 fully saturated rings. The van der Waals surface area contributed by atoms with Gasteiger partial charge in [0.1, 0.15) is 12.4 Å². The lowest BCUT2D eigenvalue weighted by molar-refractivity contribution is 0.129. The lowest BCUT2D eigenvalue weighted by Gasteiger charge is -2.06. The van der Waals surface area contributed by atoms with Gasteiger partial charge in [0.05, 0.1) is 5.02 Å². The van der Waals surface area contributed by atoms with Crippen LogP contribution in [0.15, 0.2) is 17.3 Å². The van der Waals surface area contributed by atoms with Gasteiger partial charge in [-0.2, -0.15) is 0 Å². The van der Waals surface area contributed by atoms with Crippen LogP contribution in [0.4, 0.5) is 0 Å². The van der Waals surface area contributed by atoms with E-state index in [2.05, 4.69) is 19.0 Å². The van der Waals surface area contributed by atoms with E-state index in [9.17, 15) is 0 Å². The summed E-state index contributed by atoms with van der Waals surface area (Å²) in [5.74, 6) is 2.15. The van der Waals surface area contributed by atoms with Gasteiger partial charge in [0.15, 0.2) is 11.5 Å². The average molecular weight is 285 g/mol. The Morgan fingerprint density at radius 3 is 3.00 bits per heavy atom. The topological polar surface area (TPSA) is 66.1 Å². The first-order chi connectivity index (χ1) is 9.06. The van der Waals surface area contributed by atoms with Crippen molar-refractivity contribution in [1.29, 1.82) is 0 Å². The molecule has 0 spiro atoms. The van der Waals surface area contributed by atoms with Gasteiger partial charge < -0.3 is 20.0 Å². The number of ether oxygens (including phenoxy) is 2. The number of oxime groups is 1. The summed E-state index contributed by atoms with van der Waals surface area (Å²) in [5, 5.41) is 4.37. The van der Waals surface area contributed by atoms with Gasteiger partial charge >= 0.3 is 0 Å². The van der Waals surface area contributed by atoms with Crippen LogP contribution in [0.2, 0.25) is 5.02 Å². The molecule has 5 nitrogen and oxygen atoms in total. The van der Waals surface area contributed by atoms with Gasteiger partial charge in [-0.05, 0) is 23.6 Å². The van der Waals surface area contributed by atoms with Gasteiger partial charge in [-0.1, -0.05) is 30.6 Å².